The van der Waals surface area contributed by atoms with Crippen LogP contribution in [0.1, 0.15) is 6.92 Å². The highest BCUT2D eigenvalue weighted by Crippen LogP contribution is 2.14. The first-order chi connectivity index (χ1) is 4.04. The lowest BCUT2D eigenvalue weighted by Gasteiger charge is -2.09. The summed E-state index contributed by atoms with van der Waals surface area (Å²) >= 11 is 0. The Morgan fingerprint density at radius 3 is 2.33 bits per heavy atom. The summed E-state index contributed by atoms with van der Waals surface area (Å²) in [6, 6.07) is 0. The summed E-state index contributed by atoms with van der Waals surface area (Å²) < 4.78 is 4.42. The van der Waals surface area contributed by atoms with Gasteiger partial charge in [-0.2, -0.15) is 0 Å². The van der Waals surface area contributed by atoms with Crippen LogP contribution in [0, 0.1) is 0 Å². The van der Waals surface area contributed by atoms with Crippen LogP contribution in [0.2, 0.25) is 0 Å². The molecule has 4 heteroatoms. The predicted molar refractivity (Wildman–Crippen MR) is 26.6 cm³/mol. The molecule has 1 rings (SSSR count). The third-order valence-corrected chi connectivity index (χ3v) is 1.16. The number of aliphatic hydroxyl groups is 1. The van der Waals surface area contributed by atoms with Gasteiger partial charge in [-0.25, -0.2) is 0 Å². The van der Waals surface area contributed by atoms with Crippen molar-refractivity contribution >= 4 is 11.6 Å². The molecule has 0 aromatic carbocycles. The van der Waals surface area contributed by atoms with E-state index in [0.717, 1.165) is 6.92 Å². The standard InChI is InChI=1S/C5H6O4/c1-5(8)4(7)3(6)2-9-5/h8H,2H2,1H3. The van der Waals surface area contributed by atoms with Crippen molar-refractivity contribution in [2.75, 3.05) is 6.61 Å². The highest BCUT2D eigenvalue weighted by Gasteiger charge is 2.43. The minimum atomic E-state index is -1.86. The van der Waals surface area contributed by atoms with Gasteiger partial charge in [0.2, 0.25) is 11.6 Å². The molecule has 1 aliphatic rings. The molecule has 9 heavy (non-hydrogen) atoms. The Morgan fingerprint density at radius 2 is 2.22 bits per heavy atom. The highest BCUT2D eigenvalue weighted by molar-refractivity contribution is 6.41. The van der Waals surface area contributed by atoms with Gasteiger partial charge in [0.1, 0.15) is 6.61 Å². The van der Waals surface area contributed by atoms with Crippen LogP contribution < -0.4 is 0 Å². The first kappa shape index (κ1) is 6.38. The summed E-state index contributed by atoms with van der Waals surface area (Å²) in [5.74, 6) is -3.39. The number of carbonyl (C=O) groups is 2. The Kier molecular flexibility index (Phi) is 1.15. The SMILES string of the molecule is CC1(O)OCC(=O)C1=O. The van der Waals surface area contributed by atoms with Gasteiger partial charge in [-0.05, 0) is 6.92 Å². The van der Waals surface area contributed by atoms with Crippen LogP contribution in [-0.4, -0.2) is 29.1 Å². The maximum absolute atomic E-state index is 10.5. The van der Waals surface area contributed by atoms with E-state index in [1.54, 1.807) is 0 Å². The molecule has 50 valence electrons. The van der Waals surface area contributed by atoms with Crippen LogP contribution in [0.3, 0.4) is 0 Å². The molecule has 0 bridgehead atoms. The van der Waals surface area contributed by atoms with Crippen LogP contribution in [-0.2, 0) is 14.3 Å². The van der Waals surface area contributed by atoms with Crippen LogP contribution in [0.25, 0.3) is 0 Å². The molecule has 1 heterocycles. The maximum atomic E-state index is 10.5. The lowest BCUT2D eigenvalue weighted by Crippen LogP contribution is -2.33. The van der Waals surface area contributed by atoms with E-state index in [1.165, 1.54) is 0 Å². The number of hydrogen-bond donors (Lipinski definition) is 1. The van der Waals surface area contributed by atoms with Crippen LogP contribution in [0.5, 0.6) is 0 Å². The number of Topliss-reactive ketones (excluding diaryl/α,β-unsaturated/α-hetero) is 2. The quantitative estimate of drug-likeness (QED) is 0.421. The fourth-order valence-corrected chi connectivity index (χ4v) is 0.596. The minimum Gasteiger partial charge on any atom is -0.359 e. The summed E-state index contributed by atoms with van der Waals surface area (Å²) in [5.41, 5.74) is 0. The molecule has 4 nitrogen and oxygen atoms in total. The highest BCUT2D eigenvalue weighted by atomic mass is 16.6. The minimum absolute atomic E-state index is 0.300. The third-order valence-electron chi connectivity index (χ3n) is 1.16. The molecule has 1 N–H and O–H groups in total. The van der Waals surface area contributed by atoms with E-state index in [9.17, 15) is 9.59 Å². The maximum Gasteiger partial charge on any atom is 0.259 e. The number of ketones is 2. The lowest BCUT2D eigenvalue weighted by molar-refractivity contribution is -0.173. The van der Waals surface area contributed by atoms with E-state index in [0.29, 0.717) is 0 Å². The molecule has 0 amide bonds. The summed E-state index contributed by atoms with van der Waals surface area (Å²) in [7, 11) is 0. The Balaban J connectivity index is 2.86. The summed E-state index contributed by atoms with van der Waals surface area (Å²) in [6.07, 6.45) is 0. The molecule has 1 atom stereocenters. The van der Waals surface area contributed by atoms with Gasteiger partial charge in [0, 0.05) is 0 Å². The van der Waals surface area contributed by atoms with Crippen LogP contribution in [0.4, 0.5) is 0 Å². The number of carbonyl (C=O) groups excluding carboxylic acids is 2. The molecule has 0 spiro atoms. The van der Waals surface area contributed by atoms with Gasteiger partial charge in [0.25, 0.3) is 5.78 Å². The molecule has 0 aromatic heterocycles. The number of rotatable bonds is 0. The lowest BCUT2D eigenvalue weighted by atomic mass is 10.2. The molecule has 1 saturated heterocycles. The van der Waals surface area contributed by atoms with Crippen molar-refractivity contribution in [2.24, 2.45) is 0 Å². The molecule has 1 fully saturated rings. The van der Waals surface area contributed by atoms with Crippen LogP contribution in [0.15, 0.2) is 0 Å². The number of hydrogen-bond acceptors (Lipinski definition) is 4. The van der Waals surface area contributed by atoms with Gasteiger partial charge in [0.15, 0.2) is 0 Å². The van der Waals surface area contributed by atoms with Crippen molar-refractivity contribution in [2.45, 2.75) is 12.7 Å². The van der Waals surface area contributed by atoms with Crippen molar-refractivity contribution < 1.29 is 19.4 Å². The second-order valence-corrected chi connectivity index (χ2v) is 2.02. The van der Waals surface area contributed by atoms with E-state index in [2.05, 4.69) is 4.74 Å². The molecule has 0 saturated carbocycles. The van der Waals surface area contributed by atoms with E-state index in [-0.39, 0.29) is 6.61 Å². The van der Waals surface area contributed by atoms with Crippen molar-refractivity contribution in [3.63, 3.8) is 0 Å². The summed E-state index contributed by atoms with van der Waals surface area (Å²) in [5, 5.41) is 8.84. The van der Waals surface area contributed by atoms with Gasteiger partial charge in [0.05, 0.1) is 0 Å². The van der Waals surface area contributed by atoms with Crippen molar-refractivity contribution in [1.29, 1.82) is 0 Å². The zero-order valence-corrected chi connectivity index (χ0v) is 4.88. The van der Waals surface area contributed by atoms with Gasteiger partial charge < -0.3 is 9.84 Å². The van der Waals surface area contributed by atoms with Gasteiger partial charge >= 0.3 is 0 Å². The first-order valence-electron chi connectivity index (χ1n) is 2.48. The average molecular weight is 130 g/mol. The largest absolute Gasteiger partial charge is 0.359 e. The topological polar surface area (TPSA) is 63.6 Å². The van der Waals surface area contributed by atoms with E-state index in [1.807, 2.05) is 0 Å². The van der Waals surface area contributed by atoms with Crippen molar-refractivity contribution in [3.05, 3.63) is 0 Å². The van der Waals surface area contributed by atoms with Crippen molar-refractivity contribution in [3.8, 4) is 0 Å². The predicted octanol–water partition coefficient (Wildman–Crippen LogP) is -1.14. The third kappa shape index (κ3) is 0.863. The Bertz CT molecular complexity index is 170. The zero-order chi connectivity index (χ0) is 7.07. The van der Waals surface area contributed by atoms with Gasteiger partial charge in [-0.1, -0.05) is 0 Å². The second-order valence-electron chi connectivity index (χ2n) is 2.02. The molecular weight excluding hydrogens is 124 g/mol. The Hall–Kier alpha value is -0.740. The Morgan fingerprint density at radius 1 is 1.67 bits per heavy atom. The zero-order valence-electron chi connectivity index (χ0n) is 4.88. The van der Waals surface area contributed by atoms with E-state index in [4.69, 9.17) is 5.11 Å². The second kappa shape index (κ2) is 1.62. The molecule has 1 unspecified atom stereocenters. The normalized spacial score (nSPS) is 35.8. The monoisotopic (exact) mass is 130 g/mol. The summed E-state index contributed by atoms with van der Waals surface area (Å²) in [4.78, 5) is 20.9. The summed E-state index contributed by atoms with van der Waals surface area (Å²) in [6.45, 7) is 0.853. The first-order valence-corrected chi connectivity index (χ1v) is 2.48. The molecule has 0 aromatic rings. The number of ether oxygens (including phenoxy) is 1. The molecule has 0 aliphatic carbocycles. The fraction of sp³-hybridized carbons (Fsp3) is 0.600. The molecule has 1 aliphatic heterocycles. The van der Waals surface area contributed by atoms with Crippen molar-refractivity contribution in [1.82, 2.24) is 0 Å². The Labute approximate surface area is 51.4 Å². The average Bonchev–Trinajstić information content (AvgIpc) is 1.97. The molecular formula is C5H6O4. The smallest absolute Gasteiger partial charge is 0.259 e. The van der Waals surface area contributed by atoms with Crippen LogP contribution >= 0.6 is 0 Å². The molecule has 0 radical (unpaired) electrons. The van der Waals surface area contributed by atoms with Gasteiger partial charge in [-0.3, -0.25) is 9.59 Å². The van der Waals surface area contributed by atoms with Gasteiger partial charge in [-0.15, -0.1) is 0 Å². The fourth-order valence-electron chi connectivity index (χ4n) is 0.596. The van der Waals surface area contributed by atoms with E-state index < -0.39 is 17.4 Å². The van der Waals surface area contributed by atoms with E-state index >= 15 is 0 Å².